The molecule has 1 aromatic carbocycles. The molecule has 10 nitrogen and oxygen atoms in total. The van der Waals surface area contributed by atoms with Crippen LogP contribution in [-0.4, -0.2) is 57.8 Å². The van der Waals surface area contributed by atoms with E-state index >= 15 is 0 Å². The van der Waals surface area contributed by atoms with Gasteiger partial charge in [-0.1, -0.05) is 84.7 Å². The smallest absolute Gasteiger partial charge is 0.140 e. The Morgan fingerprint density at radius 3 is 1.64 bits per heavy atom. The molecule has 1 fully saturated rings. The summed E-state index contributed by atoms with van der Waals surface area (Å²) in [5.74, 6) is -6.45. The van der Waals surface area contributed by atoms with E-state index < -0.39 is 41.4 Å². The summed E-state index contributed by atoms with van der Waals surface area (Å²) in [5.41, 5.74) is 1.18. The molecule has 0 N–H and O–H groups in total. The highest BCUT2D eigenvalue weighted by Gasteiger charge is 2.43. The Morgan fingerprint density at radius 2 is 1.09 bits per heavy atom. The van der Waals surface area contributed by atoms with Crippen molar-refractivity contribution in [1.82, 2.24) is 0 Å². The fourth-order valence-corrected chi connectivity index (χ4v) is 9.69. The van der Waals surface area contributed by atoms with Gasteiger partial charge in [-0.05, 0) is 89.0 Å². The maximum Gasteiger partial charge on any atom is 0.140 e. The molecule has 0 spiro atoms. The molecule has 8 unspecified atom stereocenters. The zero-order chi connectivity index (χ0) is 48.1. The lowest BCUT2D eigenvalue weighted by molar-refractivity contribution is -0.139. The first kappa shape index (κ1) is 56.1. The Morgan fingerprint density at radius 1 is 0.547 bits per heavy atom. The third-order valence-electron chi connectivity index (χ3n) is 13.9. The van der Waals surface area contributed by atoms with E-state index in [1.165, 1.54) is 26.3 Å². The van der Waals surface area contributed by atoms with E-state index in [9.17, 15) is 47.9 Å². The first-order valence-electron chi connectivity index (χ1n) is 24.4. The molecule has 0 heterocycles. The largest absolute Gasteiger partial charge is 0.300 e. The molecule has 2 rings (SSSR count). The van der Waals surface area contributed by atoms with Gasteiger partial charge < -0.3 is 14.4 Å². The third kappa shape index (κ3) is 19.6. The lowest BCUT2D eigenvalue weighted by Gasteiger charge is -2.29. The van der Waals surface area contributed by atoms with Crippen molar-refractivity contribution in [2.75, 3.05) is 0 Å². The molecule has 1 aliphatic carbocycles. The predicted octanol–water partition coefficient (Wildman–Crippen LogP) is 10.3. The topological polar surface area (TPSA) is 171 Å². The number of ketones is 10. The van der Waals surface area contributed by atoms with E-state index in [0.717, 1.165) is 19.3 Å². The number of hydrogen-bond donors (Lipinski definition) is 0. The number of aryl methyl sites for hydroxylation is 1. The van der Waals surface area contributed by atoms with E-state index in [1.54, 1.807) is 0 Å². The van der Waals surface area contributed by atoms with Gasteiger partial charge in [-0.25, -0.2) is 0 Å². The van der Waals surface area contributed by atoms with Crippen LogP contribution >= 0.6 is 0 Å². The maximum absolute atomic E-state index is 14.5. The Labute approximate surface area is 384 Å². The lowest BCUT2D eigenvalue weighted by Crippen LogP contribution is -2.37. The van der Waals surface area contributed by atoms with Crippen LogP contribution in [0.3, 0.4) is 0 Å². The molecule has 0 aliphatic heterocycles. The summed E-state index contributed by atoms with van der Waals surface area (Å²) in [6, 6.07) is 9.99. The van der Waals surface area contributed by atoms with E-state index in [4.69, 9.17) is 0 Å². The Hall–Kier alpha value is -4.08. The van der Waals surface area contributed by atoms with Gasteiger partial charge in [0.25, 0.3) is 0 Å². The molecule has 356 valence electrons. The van der Waals surface area contributed by atoms with E-state index in [2.05, 4.69) is 0 Å². The van der Waals surface area contributed by atoms with Crippen molar-refractivity contribution in [3.05, 3.63) is 35.9 Å². The summed E-state index contributed by atoms with van der Waals surface area (Å²) in [6.07, 6.45) is 5.83. The quantitative estimate of drug-likeness (QED) is 0.0639. The highest BCUT2D eigenvalue weighted by Crippen LogP contribution is 2.40. The Balaban J connectivity index is 2.15. The number of hydrogen-bond acceptors (Lipinski definition) is 10. The standard InChI is InChI=1S/C54H80O10/c1-10-16-41(39(9)49(59)28-27-44(58)20-14-19-40-17-12-11-13-18-40)30-52(62)45-21-15-22-46(45)54(64)48(35(4)5)33-53(63)47(34(2)3)32-51(61)43(26-24-37(7)56)31-50(60)42(29-38(8)57)25-23-36(6)55/h11-13,17-18,34-35,39,41-43,45-48H,10,14-16,19-33H2,1-9H3. The van der Waals surface area contributed by atoms with Crippen molar-refractivity contribution >= 4 is 57.8 Å². The van der Waals surface area contributed by atoms with Crippen LogP contribution in [0.4, 0.5) is 0 Å². The maximum atomic E-state index is 14.5. The minimum absolute atomic E-state index is 0.0168. The highest BCUT2D eigenvalue weighted by atomic mass is 16.2. The van der Waals surface area contributed by atoms with Crippen molar-refractivity contribution in [2.24, 2.45) is 59.2 Å². The SMILES string of the molecule is CCCC(CC(=O)C1CCCC1C(=O)C(CC(=O)C(CC(=O)C(CCC(C)=O)CC(=O)C(CCC(C)=O)CC(C)=O)C(C)C)C(C)C)C(C)C(=O)CCC(=O)CCCc1ccccc1. The van der Waals surface area contributed by atoms with Gasteiger partial charge in [0, 0.05) is 106 Å². The van der Waals surface area contributed by atoms with Gasteiger partial charge >= 0.3 is 0 Å². The molecule has 0 radical (unpaired) electrons. The van der Waals surface area contributed by atoms with E-state index in [-0.39, 0.29) is 146 Å². The van der Waals surface area contributed by atoms with Gasteiger partial charge in [-0.3, -0.25) is 33.6 Å². The Bertz CT molecular complexity index is 1760. The van der Waals surface area contributed by atoms with Crippen LogP contribution in [0.25, 0.3) is 0 Å². The number of Topliss-reactive ketones (excluding diaryl/α,β-unsaturated/α-hetero) is 10. The van der Waals surface area contributed by atoms with Gasteiger partial charge in [-0.2, -0.15) is 0 Å². The summed E-state index contributed by atoms with van der Waals surface area (Å²) < 4.78 is 0. The van der Waals surface area contributed by atoms with Crippen LogP contribution in [0.15, 0.2) is 30.3 Å². The molecule has 10 heteroatoms. The predicted molar refractivity (Wildman–Crippen MR) is 249 cm³/mol. The summed E-state index contributed by atoms with van der Waals surface area (Å²) in [5, 5.41) is 0. The zero-order valence-corrected chi connectivity index (χ0v) is 40.7. The first-order chi connectivity index (χ1) is 30.2. The van der Waals surface area contributed by atoms with Crippen LogP contribution in [0.2, 0.25) is 0 Å². The summed E-state index contributed by atoms with van der Waals surface area (Å²) in [4.78, 5) is 132. The summed E-state index contributed by atoms with van der Waals surface area (Å²) >= 11 is 0. The molecule has 1 saturated carbocycles. The normalized spacial score (nSPS) is 17.9. The number of benzene rings is 1. The minimum Gasteiger partial charge on any atom is -0.300 e. The molecular weight excluding hydrogens is 809 g/mol. The van der Waals surface area contributed by atoms with Crippen molar-refractivity contribution in [3.63, 3.8) is 0 Å². The average Bonchev–Trinajstić information content (AvgIpc) is 3.73. The molecule has 0 aromatic heterocycles. The molecule has 1 aliphatic rings. The molecule has 8 atom stereocenters. The molecule has 64 heavy (non-hydrogen) atoms. The molecule has 0 bridgehead atoms. The van der Waals surface area contributed by atoms with Gasteiger partial charge in [0.2, 0.25) is 0 Å². The van der Waals surface area contributed by atoms with Gasteiger partial charge in [0.05, 0.1) is 0 Å². The monoisotopic (exact) mass is 889 g/mol. The van der Waals surface area contributed by atoms with Crippen LogP contribution in [-0.2, 0) is 54.4 Å². The Kier molecular flexibility index (Phi) is 25.2. The van der Waals surface area contributed by atoms with Crippen molar-refractivity contribution in [1.29, 1.82) is 0 Å². The number of carbonyl (C=O) groups excluding carboxylic acids is 10. The van der Waals surface area contributed by atoms with Crippen molar-refractivity contribution in [2.45, 2.75) is 184 Å². The molecular formula is C54H80O10. The summed E-state index contributed by atoms with van der Waals surface area (Å²) in [7, 11) is 0. The van der Waals surface area contributed by atoms with Crippen molar-refractivity contribution in [3.8, 4) is 0 Å². The van der Waals surface area contributed by atoms with Gasteiger partial charge in [-0.15, -0.1) is 0 Å². The van der Waals surface area contributed by atoms with Crippen LogP contribution < -0.4 is 0 Å². The minimum atomic E-state index is -0.836. The average molecular weight is 889 g/mol. The fraction of sp³-hybridized carbons (Fsp3) is 0.704. The van der Waals surface area contributed by atoms with Gasteiger partial charge in [0.15, 0.2) is 0 Å². The second-order valence-corrected chi connectivity index (χ2v) is 19.9. The first-order valence-corrected chi connectivity index (χ1v) is 24.4. The lowest BCUT2D eigenvalue weighted by atomic mass is 9.72. The zero-order valence-electron chi connectivity index (χ0n) is 40.7. The fourth-order valence-electron chi connectivity index (χ4n) is 9.69. The second kappa shape index (κ2) is 28.7. The van der Waals surface area contributed by atoms with Crippen LogP contribution in [0.5, 0.6) is 0 Å². The second-order valence-electron chi connectivity index (χ2n) is 19.9. The summed E-state index contributed by atoms with van der Waals surface area (Å²) in [6.45, 7) is 15.6. The van der Waals surface area contributed by atoms with Crippen molar-refractivity contribution < 1.29 is 47.9 Å². The highest BCUT2D eigenvalue weighted by molar-refractivity contribution is 5.97. The molecule has 0 amide bonds. The third-order valence-corrected chi connectivity index (χ3v) is 13.9. The number of rotatable bonds is 35. The van der Waals surface area contributed by atoms with E-state index in [0.29, 0.717) is 32.1 Å². The molecule has 1 aromatic rings. The van der Waals surface area contributed by atoms with Gasteiger partial charge in [0.1, 0.15) is 57.8 Å². The van der Waals surface area contributed by atoms with Crippen LogP contribution in [0, 0.1) is 59.2 Å². The van der Waals surface area contributed by atoms with E-state index in [1.807, 2.05) is 71.9 Å². The molecule has 0 saturated heterocycles. The number of carbonyl (C=O) groups is 10. The van der Waals surface area contributed by atoms with Crippen LogP contribution in [0.1, 0.15) is 183 Å².